The number of hydrogen-bond donors (Lipinski definition) is 0. The SMILES string of the molecule is CC(C)(C)OC(=O)N(CCN1CCCCC1)c1ccc(Br)cc1. The minimum Gasteiger partial charge on any atom is -0.443 e. The Labute approximate surface area is 147 Å². The van der Waals surface area contributed by atoms with Gasteiger partial charge in [-0.15, -0.1) is 0 Å². The van der Waals surface area contributed by atoms with Crippen molar-refractivity contribution < 1.29 is 9.53 Å². The van der Waals surface area contributed by atoms with Crippen molar-refractivity contribution >= 4 is 27.7 Å². The summed E-state index contributed by atoms with van der Waals surface area (Å²) in [5.74, 6) is 0. The van der Waals surface area contributed by atoms with Gasteiger partial charge in [-0.05, 0) is 71.0 Å². The first-order chi connectivity index (χ1) is 10.8. The van der Waals surface area contributed by atoms with Gasteiger partial charge < -0.3 is 9.64 Å². The van der Waals surface area contributed by atoms with E-state index < -0.39 is 5.60 Å². The van der Waals surface area contributed by atoms with Crippen molar-refractivity contribution in [1.82, 2.24) is 4.90 Å². The lowest BCUT2D eigenvalue weighted by atomic mass is 10.1. The summed E-state index contributed by atoms with van der Waals surface area (Å²) < 4.78 is 6.58. The van der Waals surface area contributed by atoms with Gasteiger partial charge in [0.15, 0.2) is 0 Å². The molecule has 1 aromatic rings. The summed E-state index contributed by atoms with van der Waals surface area (Å²) in [4.78, 5) is 16.8. The van der Waals surface area contributed by atoms with E-state index in [0.29, 0.717) is 6.54 Å². The summed E-state index contributed by atoms with van der Waals surface area (Å²) in [6.45, 7) is 9.48. The maximum absolute atomic E-state index is 12.6. The van der Waals surface area contributed by atoms with Gasteiger partial charge in [0.25, 0.3) is 0 Å². The van der Waals surface area contributed by atoms with E-state index in [1.54, 1.807) is 4.90 Å². The van der Waals surface area contributed by atoms with Crippen LogP contribution in [0.3, 0.4) is 0 Å². The van der Waals surface area contributed by atoms with Gasteiger partial charge in [-0.3, -0.25) is 4.90 Å². The van der Waals surface area contributed by atoms with Gasteiger partial charge in [-0.25, -0.2) is 4.79 Å². The largest absolute Gasteiger partial charge is 0.443 e. The molecule has 128 valence electrons. The molecule has 0 aromatic heterocycles. The predicted octanol–water partition coefficient (Wildman–Crippen LogP) is 4.68. The Morgan fingerprint density at radius 1 is 1.17 bits per heavy atom. The summed E-state index contributed by atoms with van der Waals surface area (Å²) in [6.07, 6.45) is 3.55. The number of likely N-dealkylation sites (tertiary alicyclic amines) is 1. The number of benzene rings is 1. The zero-order chi connectivity index (χ0) is 16.9. The molecule has 1 aromatic carbocycles. The molecule has 0 radical (unpaired) electrons. The summed E-state index contributed by atoms with van der Waals surface area (Å²) in [6, 6.07) is 7.80. The van der Waals surface area contributed by atoms with Gasteiger partial charge in [-0.2, -0.15) is 0 Å². The van der Waals surface area contributed by atoms with E-state index in [1.165, 1.54) is 19.3 Å². The lowest BCUT2D eigenvalue weighted by Gasteiger charge is -2.31. The highest BCUT2D eigenvalue weighted by atomic mass is 79.9. The molecule has 1 heterocycles. The highest BCUT2D eigenvalue weighted by molar-refractivity contribution is 9.10. The second-order valence-corrected chi connectivity index (χ2v) is 7.93. The van der Waals surface area contributed by atoms with Crippen LogP contribution in [0.2, 0.25) is 0 Å². The van der Waals surface area contributed by atoms with Gasteiger partial charge in [-0.1, -0.05) is 22.4 Å². The number of piperidine rings is 1. The zero-order valence-electron chi connectivity index (χ0n) is 14.3. The molecule has 1 aliphatic heterocycles. The van der Waals surface area contributed by atoms with E-state index >= 15 is 0 Å². The van der Waals surface area contributed by atoms with E-state index in [4.69, 9.17) is 4.74 Å². The van der Waals surface area contributed by atoms with Crippen LogP contribution in [0.25, 0.3) is 0 Å². The number of nitrogens with zero attached hydrogens (tertiary/aromatic N) is 2. The molecule has 5 heteroatoms. The van der Waals surface area contributed by atoms with Crippen LogP contribution < -0.4 is 4.90 Å². The molecule has 0 unspecified atom stereocenters. The zero-order valence-corrected chi connectivity index (χ0v) is 15.9. The normalized spacial score (nSPS) is 16.2. The molecule has 1 aliphatic rings. The Bertz CT molecular complexity index is 505. The van der Waals surface area contributed by atoms with Crippen LogP contribution in [0.5, 0.6) is 0 Å². The van der Waals surface area contributed by atoms with Gasteiger partial charge >= 0.3 is 6.09 Å². The number of carbonyl (C=O) groups excluding carboxylic acids is 1. The van der Waals surface area contributed by atoms with Crippen molar-refractivity contribution in [1.29, 1.82) is 0 Å². The molecule has 1 amide bonds. The maximum Gasteiger partial charge on any atom is 0.414 e. The molecule has 0 atom stereocenters. The maximum atomic E-state index is 12.6. The molecular formula is C18H27BrN2O2. The predicted molar refractivity (Wildman–Crippen MR) is 98.0 cm³/mol. The third-order valence-electron chi connectivity index (χ3n) is 3.84. The molecule has 23 heavy (non-hydrogen) atoms. The fourth-order valence-corrected chi connectivity index (χ4v) is 2.95. The first-order valence-corrected chi connectivity index (χ1v) is 9.13. The van der Waals surface area contributed by atoms with Gasteiger partial charge in [0.1, 0.15) is 5.60 Å². The van der Waals surface area contributed by atoms with Crippen molar-refractivity contribution in [2.75, 3.05) is 31.1 Å². The second-order valence-electron chi connectivity index (χ2n) is 7.01. The van der Waals surface area contributed by atoms with Gasteiger partial charge in [0, 0.05) is 23.2 Å². The van der Waals surface area contributed by atoms with Crippen LogP contribution in [0, 0.1) is 0 Å². The molecule has 0 spiro atoms. The number of halogens is 1. The van der Waals surface area contributed by atoms with E-state index in [9.17, 15) is 4.79 Å². The van der Waals surface area contributed by atoms with Crippen molar-refractivity contribution in [3.63, 3.8) is 0 Å². The molecule has 0 bridgehead atoms. The highest BCUT2D eigenvalue weighted by Crippen LogP contribution is 2.21. The van der Waals surface area contributed by atoms with E-state index in [0.717, 1.165) is 29.8 Å². The van der Waals surface area contributed by atoms with E-state index in [1.807, 2.05) is 45.0 Å². The average Bonchev–Trinajstić information content (AvgIpc) is 2.48. The Morgan fingerprint density at radius 3 is 2.35 bits per heavy atom. The van der Waals surface area contributed by atoms with Crippen LogP contribution in [0.15, 0.2) is 28.7 Å². The fourth-order valence-electron chi connectivity index (χ4n) is 2.69. The van der Waals surface area contributed by atoms with Crippen LogP contribution in [-0.4, -0.2) is 42.8 Å². The molecule has 1 fully saturated rings. The summed E-state index contributed by atoms with van der Waals surface area (Å²) in [5, 5.41) is 0. The Morgan fingerprint density at radius 2 is 1.78 bits per heavy atom. The summed E-state index contributed by atoms with van der Waals surface area (Å²) >= 11 is 3.44. The fraction of sp³-hybridized carbons (Fsp3) is 0.611. The second kappa shape index (κ2) is 8.15. The van der Waals surface area contributed by atoms with Crippen LogP contribution in [0.1, 0.15) is 40.0 Å². The molecule has 1 saturated heterocycles. The molecule has 4 nitrogen and oxygen atoms in total. The molecule has 0 aliphatic carbocycles. The number of carbonyl (C=O) groups is 1. The lowest BCUT2D eigenvalue weighted by molar-refractivity contribution is 0.0575. The summed E-state index contributed by atoms with van der Waals surface area (Å²) in [7, 11) is 0. The first kappa shape index (κ1) is 18.3. The Hall–Kier alpha value is -1.07. The summed E-state index contributed by atoms with van der Waals surface area (Å²) in [5.41, 5.74) is 0.384. The van der Waals surface area contributed by atoms with Crippen LogP contribution >= 0.6 is 15.9 Å². The number of rotatable bonds is 4. The van der Waals surface area contributed by atoms with E-state index in [2.05, 4.69) is 20.8 Å². The molecule has 0 saturated carbocycles. The standard InChI is InChI=1S/C18H27BrN2O2/c1-18(2,3)23-17(22)21(16-9-7-15(19)8-10-16)14-13-20-11-5-4-6-12-20/h7-10H,4-6,11-14H2,1-3H3. The Kier molecular flexibility index (Phi) is 6.48. The lowest BCUT2D eigenvalue weighted by Crippen LogP contribution is -2.42. The van der Waals surface area contributed by atoms with E-state index in [-0.39, 0.29) is 6.09 Å². The van der Waals surface area contributed by atoms with Crippen LogP contribution in [-0.2, 0) is 4.74 Å². The number of anilines is 1. The van der Waals surface area contributed by atoms with Gasteiger partial charge in [0.05, 0.1) is 0 Å². The third-order valence-corrected chi connectivity index (χ3v) is 4.37. The molecule has 2 rings (SSSR count). The van der Waals surface area contributed by atoms with Gasteiger partial charge in [0.2, 0.25) is 0 Å². The topological polar surface area (TPSA) is 32.8 Å². The van der Waals surface area contributed by atoms with Crippen molar-refractivity contribution in [2.24, 2.45) is 0 Å². The smallest absolute Gasteiger partial charge is 0.414 e. The third kappa shape index (κ3) is 6.15. The Balaban J connectivity index is 2.06. The minimum absolute atomic E-state index is 0.281. The van der Waals surface area contributed by atoms with Crippen molar-refractivity contribution in [3.05, 3.63) is 28.7 Å². The average molecular weight is 383 g/mol. The van der Waals surface area contributed by atoms with Crippen molar-refractivity contribution in [2.45, 2.75) is 45.6 Å². The monoisotopic (exact) mass is 382 g/mol. The number of amides is 1. The molecule has 0 N–H and O–H groups in total. The highest BCUT2D eigenvalue weighted by Gasteiger charge is 2.24. The van der Waals surface area contributed by atoms with Crippen LogP contribution in [0.4, 0.5) is 10.5 Å². The molecular weight excluding hydrogens is 356 g/mol. The number of hydrogen-bond acceptors (Lipinski definition) is 3. The quantitative estimate of drug-likeness (QED) is 0.757. The van der Waals surface area contributed by atoms with Crippen molar-refractivity contribution in [3.8, 4) is 0 Å². The minimum atomic E-state index is -0.490. The number of ether oxygens (including phenoxy) is 1. The first-order valence-electron chi connectivity index (χ1n) is 8.33.